The molecule has 0 radical (unpaired) electrons. The van der Waals surface area contributed by atoms with Gasteiger partial charge in [-0.05, 0) is 31.5 Å². The van der Waals surface area contributed by atoms with Crippen molar-refractivity contribution in [3.05, 3.63) is 34.6 Å². The highest BCUT2D eigenvalue weighted by Gasteiger charge is 2.28. The molecule has 1 heterocycles. The van der Waals surface area contributed by atoms with Gasteiger partial charge < -0.3 is 15.0 Å². The van der Waals surface area contributed by atoms with Crippen LogP contribution in [0.15, 0.2) is 22.7 Å². The molecule has 19 heavy (non-hydrogen) atoms. The van der Waals surface area contributed by atoms with Crippen LogP contribution >= 0.6 is 11.6 Å². The highest BCUT2D eigenvalue weighted by molar-refractivity contribution is 6.30. The number of nitrogens with zero attached hydrogens (tertiary/aromatic N) is 2. The first-order chi connectivity index (χ1) is 8.94. The molecule has 0 amide bonds. The number of halogens is 1. The molecule has 0 saturated heterocycles. The average Bonchev–Trinajstić information content (AvgIpc) is 2.82. The van der Waals surface area contributed by atoms with Crippen molar-refractivity contribution in [1.82, 2.24) is 10.1 Å². The molecule has 102 valence electrons. The van der Waals surface area contributed by atoms with Crippen LogP contribution in [0.5, 0.6) is 0 Å². The Morgan fingerprint density at radius 2 is 2.21 bits per heavy atom. The van der Waals surface area contributed by atoms with E-state index in [1.807, 2.05) is 19.1 Å². The number of ether oxygens (including phenoxy) is 1. The van der Waals surface area contributed by atoms with Crippen LogP contribution in [-0.4, -0.2) is 23.9 Å². The molecule has 0 aliphatic heterocycles. The highest BCUT2D eigenvalue weighted by atomic mass is 35.5. The molecule has 0 aliphatic carbocycles. The molecule has 6 heteroatoms. The van der Waals surface area contributed by atoms with Gasteiger partial charge in [-0.1, -0.05) is 22.8 Å². The summed E-state index contributed by atoms with van der Waals surface area (Å²) in [5.41, 5.74) is 7.09. The van der Waals surface area contributed by atoms with Crippen LogP contribution in [0.4, 0.5) is 0 Å². The van der Waals surface area contributed by atoms with Gasteiger partial charge in [-0.15, -0.1) is 0 Å². The Labute approximate surface area is 116 Å². The number of methoxy groups -OCH3 is 1. The predicted octanol–water partition coefficient (Wildman–Crippen LogP) is 2.52. The van der Waals surface area contributed by atoms with E-state index >= 15 is 0 Å². The lowest BCUT2D eigenvalue weighted by molar-refractivity contribution is 0.135. The topological polar surface area (TPSA) is 74.2 Å². The molecule has 1 unspecified atom stereocenters. The minimum absolute atomic E-state index is 0.306. The van der Waals surface area contributed by atoms with Crippen LogP contribution in [0, 0.1) is 6.92 Å². The van der Waals surface area contributed by atoms with Crippen LogP contribution in [0.3, 0.4) is 0 Å². The Hall–Kier alpha value is -1.43. The van der Waals surface area contributed by atoms with Crippen LogP contribution in [0.2, 0.25) is 5.02 Å². The lowest BCUT2D eigenvalue weighted by atomic mass is 10.1. The quantitative estimate of drug-likeness (QED) is 0.932. The first-order valence-corrected chi connectivity index (χ1v) is 6.20. The maximum atomic E-state index is 6.07. The third kappa shape index (κ3) is 2.94. The van der Waals surface area contributed by atoms with Gasteiger partial charge in [0, 0.05) is 17.7 Å². The largest absolute Gasteiger partial charge is 0.382 e. The van der Waals surface area contributed by atoms with Crippen molar-refractivity contribution in [2.24, 2.45) is 5.73 Å². The van der Waals surface area contributed by atoms with Gasteiger partial charge in [0.05, 0.1) is 6.61 Å². The summed E-state index contributed by atoms with van der Waals surface area (Å²) >= 11 is 5.98. The lowest BCUT2D eigenvalue weighted by Crippen LogP contribution is -2.38. The van der Waals surface area contributed by atoms with Crippen LogP contribution in [0.1, 0.15) is 18.3 Å². The zero-order valence-corrected chi connectivity index (χ0v) is 11.9. The van der Waals surface area contributed by atoms with Crippen LogP contribution < -0.4 is 5.73 Å². The fraction of sp³-hybridized carbons (Fsp3) is 0.385. The Morgan fingerprint density at radius 1 is 1.47 bits per heavy atom. The van der Waals surface area contributed by atoms with Crippen molar-refractivity contribution >= 4 is 11.6 Å². The molecule has 0 fully saturated rings. The molecule has 5 nitrogen and oxygen atoms in total. The van der Waals surface area contributed by atoms with E-state index in [1.165, 1.54) is 0 Å². The molecule has 1 aromatic heterocycles. The molecule has 2 rings (SSSR count). The number of rotatable bonds is 4. The van der Waals surface area contributed by atoms with E-state index in [0.29, 0.717) is 23.3 Å². The molecule has 0 bridgehead atoms. The number of aromatic nitrogens is 2. The van der Waals surface area contributed by atoms with E-state index in [1.54, 1.807) is 20.1 Å². The highest BCUT2D eigenvalue weighted by Crippen LogP contribution is 2.26. The van der Waals surface area contributed by atoms with Gasteiger partial charge >= 0.3 is 0 Å². The van der Waals surface area contributed by atoms with E-state index in [-0.39, 0.29) is 0 Å². The number of benzene rings is 1. The van der Waals surface area contributed by atoms with Gasteiger partial charge in [0.2, 0.25) is 0 Å². The first kappa shape index (κ1) is 14.0. The first-order valence-electron chi connectivity index (χ1n) is 5.82. The Kier molecular flexibility index (Phi) is 3.89. The smallest absolute Gasteiger partial charge is 0.258 e. The minimum atomic E-state index is -0.789. The van der Waals surface area contributed by atoms with Crippen molar-refractivity contribution in [2.75, 3.05) is 13.7 Å². The summed E-state index contributed by atoms with van der Waals surface area (Å²) in [5, 5.41) is 4.54. The Morgan fingerprint density at radius 3 is 2.89 bits per heavy atom. The van der Waals surface area contributed by atoms with Gasteiger partial charge in [0.25, 0.3) is 5.89 Å². The normalized spacial score (nSPS) is 14.4. The van der Waals surface area contributed by atoms with Gasteiger partial charge in [0.1, 0.15) is 5.54 Å². The van der Waals surface area contributed by atoms with Gasteiger partial charge in [-0.2, -0.15) is 4.98 Å². The standard InChI is InChI=1S/C13H16ClN3O2/c1-8-4-5-9(14)6-10(8)11-16-12(17-19-11)13(2,15)7-18-3/h4-6H,7,15H2,1-3H3. The van der Waals surface area contributed by atoms with Crippen molar-refractivity contribution < 1.29 is 9.26 Å². The van der Waals surface area contributed by atoms with Gasteiger partial charge in [-0.25, -0.2) is 0 Å². The number of nitrogens with two attached hydrogens (primary N) is 1. The summed E-state index contributed by atoms with van der Waals surface area (Å²) in [7, 11) is 1.58. The van der Waals surface area contributed by atoms with Crippen LogP contribution in [-0.2, 0) is 10.3 Å². The molecular formula is C13H16ClN3O2. The SMILES string of the molecule is COCC(C)(N)c1noc(-c2cc(Cl)ccc2C)n1. The third-order valence-electron chi connectivity index (χ3n) is 2.81. The summed E-state index contributed by atoms with van der Waals surface area (Å²) < 4.78 is 10.3. The maximum Gasteiger partial charge on any atom is 0.258 e. The van der Waals surface area contributed by atoms with Crippen molar-refractivity contribution in [1.29, 1.82) is 0 Å². The number of aryl methyl sites for hydroxylation is 1. The number of hydrogen-bond acceptors (Lipinski definition) is 5. The molecule has 2 aromatic rings. The van der Waals surface area contributed by atoms with Crippen LogP contribution in [0.25, 0.3) is 11.5 Å². The van der Waals surface area contributed by atoms with Crippen molar-refractivity contribution in [3.63, 3.8) is 0 Å². The second-order valence-corrected chi connectivity index (χ2v) is 5.17. The molecule has 1 aromatic carbocycles. The molecule has 0 spiro atoms. The summed E-state index contributed by atoms with van der Waals surface area (Å²) in [6.07, 6.45) is 0. The fourth-order valence-corrected chi connectivity index (χ4v) is 1.93. The van der Waals surface area contributed by atoms with Gasteiger partial charge in [-0.3, -0.25) is 0 Å². The summed E-state index contributed by atoms with van der Waals surface area (Å²) in [5.74, 6) is 0.812. The molecule has 2 N–H and O–H groups in total. The van der Waals surface area contributed by atoms with Crippen molar-refractivity contribution in [2.45, 2.75) is 19.4 Å². The Balaban J connectivity index is 2.38. The van der Waals surface area contributed by atoms with E-state index < -0.39 is 5.54 Å². The summed E-state index contributed by atoms with van der Waals surface area (Å²) in [6, 6.07) is 5.51. The Bertz CT molecular complexity index is 581. The zero-order valence-electron chi connectivity index (χ0n) is 11.1. The van der Waals surface area contributed by atoms with E-state index in [9.17, 15) is 0 Å². The molecule has 0 aliphatic rings. The second-order valence-electron chi connectivity index (χ2n) is 4.73. The average molecular weight is 282 g/mol. The van der Waals surface area contributed by atoms with E-state index in [2.05, 4.69) is 10.1 Å². The summed E-state index contributed by atoms with van der Waals surface area (Å²) in [6.45, 7) is 4.04. The summed E-state index contributed by atoms with van der Waals surface area (Å²) in [4.78, 5) is 4.33. The predicted molar refractivity (Wildman–Crippen MR) is 72.9 cm³/mol. The fourth-order valence-electron chi connectivity index (χ4n) is 1.75. The van der Waals surface area contributed by atoms with E-state index in [4.69, 9.17) is 26.6 Å². The second kappa shape index (κ2) is 5.28. The minimum Gasteiger partial charge on any atom is -0.382 e. The maximum absolute atomic E-state index is 6.07. The third-order valence-corrected chi connectivity index (χ3v) is 3.05. The number of hydrogen-bond donors (Lipinski definition) is 1. The molecule has 0 saturated carbocycles. The zero-order chi connectivity index (χ0) is 14.0. The molecular weight excluding hydrogens is 266 g/mol. The van der Waals surface area contributed by atoms with E-state index in [0.717, 1.165) is 11.1 Å². The van der Waals surface area contributed by atoms with Crippen molar-refractivity contribution in [3.8, 4) is 11.5 Å². The lowest BCUT2D eigenvalue weighted by Gasteiger charge is -2.18. The monoisotopic (exact) mass is 281 g/mol. The molecule has 1 atom stereocenters. The van der Waals surface area contributed by atoms with Gasteiger partial charge in [0.15, 0.2) is 5.82 Å².